The highest BCUT2D eigenvalue weighted by atomic mass is 79.9. The van der Waals surface area contributed by atoms with Crippen LogP contribution in [0, 0.1) is 0 Å². The molecule has 0 saturated carbocycles. The van der Waals surface area contributed by atoms with E-state index in [2.05, 4.69) is 15.9 Å². The monoisotopic (exact) mass is 352 g/mol. The van der Waals surface area contributed by atoms with E-state index in [1.807, 2.05) is 18.2 Å². The maximum atomic E-state index is 11.9. The van der Waals surface area contributed by atoms with Crippen molar-refractivity contribution >= 4 is 38.8 Å². The molecule has 1 aromatic heterocycles. The molecule has 0 spiro atoms. The van der Waals surface area contributed by atoms with E-state index >= 15 is 0 Å². The fraction of sp³-hybridized carbons (Fsp3) is 0.200. The zero-order chi connectivity index (χ0) is 14.5. The van der Waals surface area contributed by atoms with Crippen molar-refractivity contribution in [3.63, 3.8) is 0 Å². The van der Waals surface area contributed by atoms with Gasteiger partial charge >= 0.3 is 0 Å². The largest absolute Gasteiger partial charge is 0.485 e. The topological polar surface area (TPSA) is 43.4 Å². The van der Waals surface area contributed by atoms with Crippen molar-refractivity contribution in [3.8, 4) is 5.75 Å². The van der Waals surface area contributed by atoms with Crippen LogP contribution >= 0.6 is 27.3 Å². The number of carbonyl (C=O) groups is 2. The van der Waals surface area contributed by atoms with Crippen LogP contribution < -0.4 is 4.74 Å². The Kier molecular flexibility index (Phi) is 5.09. The molecule has 0 atom stereocenters. The summed E-state index contributed by atoms with van der Waals surface area (Å²) >= 11 is 4.71. The van der Waals surface area contributed by atoms with Gasteiger partial charge in [0.15, 0.2) is 6.61 Å². The van der Waals surface area contributed by atoms with Crippen LogP contribution in [0.3, 0.4) is 0 Å². The first-order chi connectivity index (χ1) is 9.54. The van der Waals surface area contributed by atoms with Gasteiger partial charge in [-0.25, -0.2) is 0 Å². The number of thiophene rings is 1. The second-order valence-corrected chi connectivity index (χ2v) is 6.80. The van der Waals surface area contributed by atoms with Crippen molar-refractivity contribution in [2.24, 2.45) is 0 Å². The van der Waals surface area contributed by atoms with Crippen LogP contribution in [0.2, 0.25) is 0 Å². The third kappa shape index (κ3) is 4.28. The van der Waals surface area contributed by atoms with E-state index in [4.69, 9.17) is 4.74 Å². The molecule has 1 aromatic carbocycles. The number of ketones is 2. The van der Waals surface area contributed by atoms with Crippen LogP contribution in [0.4, 0.5) is 0 Å². The van der Waals surface area contributed by atoms with E-state index in [-0.39, 0.29) is 18.2 Å². The second kappa shape index (κ2) is 6.81. The molecule has 104 valence electrons. The number of hydrogen-bond acceptors (Lipinski definition) is 4. The minimum Gasteiger partial charge on any atom is -0.485 e. The van der Waals surface area contributed by atoms with Gasteiger partial charge in [0.2, 0.25) is 5.78 Å². The number of rotatable bonds is 6. The normalized spacial score (nSPS) is 10.3. The number of halogens is 1. The molecule has 0 aliphatic heterocycles. The van der Waals surface area contributed by atoms with Gasteiger partial charge in [-0.1, -0.05) is 12.1 Å². The van der Waals surface area contributed by atoms with Crippen LogP contribution in [0.15, 0.2) is 40.2 Å². The van der Waals surface area contributed by atoms with Gasteiger partial charge in [0.05, 0.1) is 8.66 Å². The Labute approximate surface area is 129 Å². The van der Waals surface area contributed by atoms with E-state index in [0.29, 0.717) is 17.0 Å². The predicted molar refractivity (Wildman–Crippen MR) is 82.7 cm³/mol. The summed E-state index contributed by atoms with van der Waals surface area (Å²) in [4.78, 5) is 23.5. The summed E-state index contributed by atoms with van der Waals surface area (Å²) in [6.07, 6.45) is 0.419. The summed E-state index contributed by atoms with van der Waals surface area (Å²) < 4.78 is 6.37. The number of benzene rings is 1. The van der Waals surface area contributed by atoms with E-state index in [9.17, 15) is 9.59 Å². The van der Waals surface area contributed by atoms with Crippen LogP contribution in [0.5, 0.6) is 5.75 Å². The minimum atomic E-state index is -0.0477. The van der Waals surface area contributed by atoms with E-state index < -0.39 is 0 Å². The van der Waals surface area contributed by atoms with Gasteiger partial charge < -0.3 is 4.74 Å². The molecule has 0 bridgehead atoms. The molecule has 0 radical (unpaired) electrons. The van der Waals surface area contributed by atoms with E-state index in [1.54, 1.807) is 25.1 Å². The lowest BCUT2D eigenvalue weighted by Gasteiger charge is -2.05. The summed E-state index contributed by atoms with van der Waals surface area (Å²) in [6.45, 7) is 1.57. The summed E-state index contributed by atoms with van der Waals surface area (Å²) in [5, 5.41) is 0. The summed E-state index contributed by atoms with van der Waals surface area (Å²) in [7, 11) is 0. The van der Waals surface area contributed by atoms with Crippen molar-refractivity contribution in [1.82, 2.24) is 0 Å². The van der Waals surface area contributed by atoms with Crippen molar-refractivity contribution in [2.75, 3.05) is 6.61 Å². The van der Waals surface area contributed by atoms with E-state index in [0.717, 1.165) is 9.35 Å². The van der Waals surface area contributed by atoms with Crippen LogP contribution in [0.25, 0.3) is 0 Å². The first-order valence-electron chi connectivity index (χ1n) is 6.04. The molecule has 0 fully saturated rings. The first kappa shape index (κ1) is 14.9. The highest BCUT2D eigenvalue weighted by molar-refractivity contribution is 9.11. The van der Waals surface area contributed by atoms with Gasteiger partial charge in [0, 0.05) is 6.42 Å². The first-order valence-corrected chi connectivity index (χ1v) is 7.65. The van der Waals surface area contributed by atoms with Gasteiger partial charge in [0.1, 0.15) is 11.5 Å². The highest BCUT2D eigenvalue weighted by Crippen LogP contribution is 2.22. The van der Waals surface area contributed by atoms with Crippen LogP contribution in [0.1, 0.15) is 22.2 Å². The molecular formula is C15H13BrO3S. The summed E-state index contributed by atoms with van der Waals surface area (Å²) in [5.41, 5.74) is 0.943. The fourth-order valence-electron chi connectivity index (χ4n) is 1.68. The SMILES string of the molecule is CC(=O)Cc1ccc(OCC(=O)c2ccc(Br)s2)cc1. The van der Waals surface area contributed by atoms with Gasteiger partial charge in [-0.15, -0.1) is 11.3 Å². The Bertz CT molecular complexity index is 616. The molecule has 0 N–H and O–H groups in total. The molecule has 0 aliphatic carbocycles. The molecule has 0 unspecified atom stereocenters. The third-order valence-corrected chi connectivity index (χ3v) is 4.26. The van der Waals surface area contributed by atoms with Gasteiger partial charge in [-0.2, -0.15) is 0 Å². The Morgan fingerprint density at radius 2 is 1.85 bits per heavy atom. The number of ether oxygens (including phenoxy) is 1. The van der Waals surface area contributed by atoms with Crippen LogP contribution in [-0.4, -0.2) is 18.2 Å². The lowest BCUT2D eigenvalue weighted by molar-refractivity contribution is -0.116. The van der Waals surface area contributed by atoms with Crippen molar-refractivity contribution < 1.29 is 14.3 Å². The molecule has 0 amide bonds. The molecule has 1 heterocycles. The lowest BCUT2D eigenvalue weighted by Crippen LogP contribution is -2.10. The number of hydrogen-bond donors (Lipinski definition) is 0. The Morgan fingerprint density at radius 3 is 2.40 bits per heavy atom. The van der Waals surface area contributed by atoms with Gasteiger partial charge in [-0.05, 0) is 52.7 Å². The molecule has 3 nitrogen and oxygen atoms in total. The quantitative estimate of drug-likeness (QED) is 0.740. The molecule has 0 aliphatic rings. The third-order valence-electron chi connectivity index (χ3n) is 2.59. The molecule has 2 aromatic rings. The second-order valence-electron chi connectivity index (χ2n) is 4.34. The molecule has 5 heteroatoms. The standard InChI is InChI=1S/C15H13BrO3S/c1-10(17)8-11-2-4-12(5-3-11)19-9-13(18)14-6-7-15(16)20-14/h2-7H,8-9H2,1H3. The van der Waals surface area contributed by atoms with E-state index in [1.165, 1.54) is 11.3 Å². The predicted octanol–water partition coefficient (Wildman–Crippen LogP) is 3.90. The maximum Gasteiger partial charge on any atom is 0.210 e. The Balaban J connectivity index is 1.90. The van der Waals surface area contributed by atoms with Crippen molar-refractivity contribution in [3.05, 3.63) is 50.6 Å². The number of Topliss-reactive ketones (excluding diaryl/α,β-unsaturated/α-hetero) is 2. The van der Waals surface area contributed by atoms with Gasteiger partial charge in [-0.3, -0.25) is 9.59 Å². The highest BCUT2D eigenvalue weighted by Gasteiger charge is 2.09. The smallest absolute Gasteiger partial charge is 0.210 e. The lowest BCUT2D eigenvalue weighted by atomic mass is 10.1. The zero-order valence-electron chi connectivity index (χ0n) is 10.9. The van der Waals surface area contributed by atoms with Gasteiger partial charge in [0.25, 0.3) is 0 Å². The molecule has 20 heavy (non-hydrogen) atoms. The zero-order valence-corrected chi connectivity index (χ0v) is 13.3. The molecular weight excluding hydrogens is 340 g/mol. The summed E-state index contributed by atoms with van der Waals surface area (Å²) in [5.74, 6) is 0.701. The Hall–Kier alpha value is -1.46. The molecule has 0 saturated heterocycles. The van der Waals surface area contributed by atoms with Crippen molar-refractivity contribution in [2.45, 2.75) is 13.3 Å². The fourth-order valence-corrected chi connectivity index (χ4v) is 2.99. The average Bonchev–Trinajstić information content (AvgIpc) is 2.84. The van der Waals surface area contributed by atoms with Crippen molar-refractivity contribution in [1.29, 1.82) is 0 Å². The number of carbonyl (C=O) groups excluding carboxylic acids is 2. The van der Waals surface area contributed by atoms with Crippen LogP contribution in [-0.2, 0) is 11.2 Å². The molecule has 2 rings (SSSR count). The average molecular weight is 353 g/mol. The maximum absolute atomic E-state index is 11.9. The minimum absolute atomic E-state index is 0.0129. The Morgan fingerprint density at radius 1 is 1.15 bits per heavy atom. The summed E-state index contributed by atoms with van der Waals surface area (Å²) in [6, 6.07) is 10.8.